The van der Waals surface area contributed by atoms with Gasteiger partial charge in [0, 0.05) is 7.11 Å². The lowest BCUT2D eigenvalue weighted by Gasteiger charge is -2.16. The molecular weight excluding hydrogens is 160 g/mol. The molecule has 0 aromatic heterocycles. The minimum Gasteiger partial charge on any atom is -0.481 e. The van der Waals surface area contributed by atoms with E-state index in [0.717, 1.165) is 0 Å². The number of rotatable bonds is 5. The van der Waals surface area contributed by atoms with E-state index in [0.29, 0.717) is 0 Å². The Hall–Kier alpha value is -0.900. The largest absolute Gasteiger partial charge is 0.481 e. The zero-order chi connectivity index (χ0) is 9.72. The maximum absolute atomic E-state index is 11.1. The Kier molecular flexibility index (Phi) is 4.51. The third-order valence-corrected chi connectivity index (χ3v) is 1.50. The van der Waals surface area contributed by atoms with E-state index in [9.17, 15) is 9.59 Å². The number of carbonyl (C=O) groups excluding carboxylic acids is 1. The molecule has 0 amide bonds. The first-order valence-corrected chi connectivity index (χ1v) is 3.76. The normalized spacial score (nSPS) is 13.0. The third kappa shape index (κ3) is 3.48. The Morgan fingerprint density at radius 1 is 1.42 bits per heavy atom. The smallest absolute Gasteiger partial charge is 0.310 e. The number of methoxy groups -OCH3 is 1. The van der Waals surface area contributed by atoms with Crippen molar-refractivity contribution >= 4 is 11.8 Å². The first-order valence-electron chi connectivity index (χ1n) is 3.76. The van der Waals surface area contributed by atoms with Crippen LogP contribution in [-0.2, 0) is 14.3 Å². The van der Waals surface area contributed by atoms with Gasteiger partial charge in [-0.2, -0.15) is 0 Å². The van der Waals surface area contributed by atoms with Gasteiger partial charge in [0.1, 0.15) is 12.5 Å². The Balaban J connectivity index is 4.12. The summed E-state index contributed by atoms with van der Waals surface area (Å²) in [4.78, 5) is 21.3. The summed E-state index contributed by atoms with van der Waals surface area (Å²) in [6.07, 6.45) is -1.06. The highest BCUT2D eigenvalue weighted by atomic mass is 16.5. The fourth-order valence-corrected chi connectivity index (χ4v) is 1.03. The molecule has 0 spiro atoms. The van der Waals surface area contributed by atoms with Crippen LogP contribution in [0.5, 0.6) is 0 Å². The van der Waals surface area contributed by atoms with Crippen molar-refractivity contribution in [2.75, 3.05) is 7.11 Å². The molecule has 1 N–H and O–H groups in total. The first-order chi connectivity index (χ1) is 5.49. The lowest BCUT2D eigenvalue weighted by atomic mass is 10.0. The summed E-state index contributed by atoms with van der Waals surface area (Å²) in [5.41, 5.74) is 0. The number of carbonyl (C=O) groups is 2. The van der Waals surface area contributed by atoms with Gasteiger partial charge < -0.3 is 9.84 Å². The molecule has 0 rings (SSSR count). The van der Waals surface area contributed by atoms with Gasteiger partial charge in [0.25, 0.3) is 0 Å². The maximum Gasteiger partial charge on any atom is 0.310 e. The molecular formula is C8H14O4. The van der Waals surface area contributed by atoms with Gasteiger partial charge in [0.15, 0.2) is 5.78 Å². The number of ether oxygens (including phenoxy) is 1. The molecule has 0 saturated carbocycles. The van der Waals surface area contributed by atoms with Gasteiger partial charge in [-0.15, -0.1) is 0 Å². The number of Topliss-reactive ketones (excluding diaryl/α,β-unsaturated/α-hetero) is 1. The molecule has 70 valence electrons. The molecule has 0 fully saturated rings. The number of hydrogen-bond acceptors (Lipinski definition) is 3. The molecule has 4 heteroatoms. The van der Waals surface area contributed by atoms with Crippen LogP contribution >= 0.6 is 0 Å². The molecule has 0 aromatic carbocycles. The standard InChI is InChI=1S/C8H14O4/c1-5(2)8(12-3)6(9)4-7(10)11/h5,8H,4H2,1-3H3,(H,10,11)/t8-/m1/s1. The highest BCUT2D eigenvalue weighted by Gasteiger charge is 2.23. The summed E-state index contributed by atoms with van der Waals surface area (Å²) in [7, 11) is 1.41. The van der Waals surface area contributed by atoms with Crippen LogP contribution in [0.25, 0.3) is 0 Å². The Morgan fingerprint density at radius 3 is 2.17 bits per heavy atom. The van der Waals surface area contributed by atoms with Crippen LogP contribution in [0.4, 0.5) is 0 Å². The van der Waals surface area contributed by atoms with Gasteiger partial charge in [0.2, 0.25) is 0 Å². The van der Waals surface area contributed by atoms with Crippen molar-refractivity contribution in [2.45, 2.75) is 26.4 Å². The summed E-state index contributed by atoms with van der Waals surface area (Å²) in [5, 5.41) is 8.33. The van der Waals surface area contributed by atoms with Crippen molar-refractivity contribution in [1.29, 1.82) is 0 Å². The summed E-state index contributed by atoms with van der Waals surface area (Å²) in [6, 6.07) is 0. The highest BCUT2D eigenvalue weighted by Crippen LogP contribution is 2.08. The molecule has 0 aliphatic rings. The van der Waals surface area contributed by atoms with Crippen LogP contribution in [0, 0.1) is 5.92 Å². The maximum atomic E-state index is 11.1. The lowest BCUT2D eigenvalue weighted by molar-refractivity contribution is -0.144. The molecule has 4 nitrogen and oxygen atoms in total. The predicted molar refractivity (Wildman–Crippen MR) is 42.9 cm³/mol. The van der Waals surface area contributed by atoms with Crippen molar-refractivity contribution in [3.8, 4) is 0 Å². The highest BCUT2D eigenvalue weighted by molar-refractivity contribution is 5.97. The summed E-state index contributed by atoms with van der Waals surface area (Å²) < 4.78 is 4.86. The van der Waals surface area contributed by atoms with E-state index in [4.69, 9.17) is 9.84 Å². The van der Waals surface area contributed by atoms with Crippen LogP contribution in [0.1, 0.15) is 20.3 Å². The average Bonchev–Trinajstić information content (AvgIpc) is 1.85. The molecule has 0 aliphatic heterocycles. The minimum absolute atomic E-state index is 0.0156. The van der Waals surface area contributed by atoms with Crippen molar-refractivity contribution in [3.63, 3.8) is 0 Å². The Labute approximate surface area is 71.5 Å². The molecule has 12 heavy (non-hydrogen) atoms. The molecule has 0 aliphatic carbocycles. The SMILES string of the molecule is CO[C@@H](C(=O)CC(=O)O)C(C)C. The molecule has 0 saturated heterocycles. The van der Waals surface area contributed by atoms with Gasteiger partial charge in [-0.05, 0) is 5.92 Å². The summed E-state index contributed by atoms with van der Waals surface area (Å²) >= 11 is 0. The molecule has 0 unspecified atom stereocenters. The zero-order valence-electron chi connectivity index (χ0n) is 7.53. The van der Waals surface area contributed by atoms with Gasteiger partial charge in [-0.25, -0.2) is 0 Å². The monoisotopic (exact) mass is 174 g/mol. The van der Waals surface area contributed by atoms with Gasteiger partial charge in [-0.3, -0.25) is 9.59 Å². The van der Waals surface area contributed by atoms with Gasteiger partial charge in [-0.1, -0.05) is 13.8 Å². The molecule has 0 heterocycles. The average molecular weight is 174 g/mol. The lowest BCUT2D eigenvalue weighted by Crippen LogP contribution is -2.30. The van der Waals surface area contributed by atoms with Crippen LogP contribution in [0.15, 0.2) is 0 Å². The Bertz CT molecular complexity index is 174. The van der Waals surface area contributed by atoms with Crippen LogP contribution in [0.2, 0.25) is 0 Å². The van der Waals surface area contributed by atoms with Crippen LogP contribution in [-0.4, -0.2) is 30.1 Å². The second-order valence-electron chi connectivity index (χ2n) is 2.94. The van der Waals surface area contributed by atoms with E-state index in [1.807, 2.05) is 13.8 Å². The molecule has 1 atom stereocenters. The van der Waals surface area contributed by atoms with Crippen molar-refractivity contribution < 1.29 is 19.4 Å². The van der Waals surface area contributed by atoms with E-state index in [-0.39, 0.29) is 11.7 Å². The summed E-state index contributed by atoms with van der Waals surface area (Å²) in [6.45, 7) is 3.63. The first kappa shape index (κ1) is 11.1. The Morgan fingerprint density at radius 2 is 1.92 bits per heavy atom. The van der Waals surface area contributed by atoms with Crippen LogP contribution in [0.3, 0.4) is 0 Å². The molecule has 0 bridgehead atoms. The number of ketones is 1. The molecule has 0 radical (unpaired) electrons. The van der Waals surface area contributed by atoms with Crippen molar-refractivity contribution in [3.05, 3.63) is 0 Å². The zero-order valence-corrected chi connectivity index (χ0v) is 7.53. The predicted octanol–water partition coefficient (Wildman–Crippen LogP) is 0.701. The quantitative estimate of drug-likeness (QED) is 0.623. The van der Waals surface area contributed by atoms with E-state index in [2.05, 4.69) is 0 Å². The number of hydrogen-bond donors (Lipinski definition) is 1. The fourth-order valence-electron chi connectivity index (χ4n) is 1.03. The fraction of sp³-hybridized carbons (Fsp3) is 0.750. The number of aliphatic carboxylic acids is 1. The number of carboxylic acids is 1. The van der Waals surface area contributed by atoms with Crippen LogP contribution < -0.4 is 0 Å². The van der Waals surface area contributed by atoms with Gasteiger partial charge in [0.05, 0.1) is 0 Å². The second-order valence-corrected chi connectivity index (χ2v) is 2.94. The number of carboxylic acid groups (broad SMARTS) is 1. The third-order valence-electron chi connectivity index (χ3n) is 1.50. The topological polar surface area (TPSA) is 63.6 Å². The van der Waals surface area contributed by atoms with Crippen molar-refractivity contribution in [2.24, 2.45) is 5.92 Å². The van der Waals surface area contributed by atoms with Gasteiger partial charge >= 0.3 is 5.97 Å². The van der Waals surface area contributed by atoms with E-state index < -0.39 is 18.5 Å². The van der Waals surface area contributed by atoms with E-state index in [1.54, 1.807) is 0 Å². The van der Waals surface area contributed by atoms with Crippen molar-refractivity contribution in [1.82, 2.24) is 0 Å². The molecule has 0 aromatic rings. The van der Waals surface area contributed by atoms with E-state index >= 15 is 0 Å². The minimum atomic E-state index is -1.11. The van der Waals surface area contributed by atoms with E-state index in [1.165, 1.54) is 7.11 Å². The summed E-state index contributed by atoms with van der Waals surface area (Å²) in [5.74, 6) is -1.47. The second kappa shape index (κ2) is 4.87.